The van der Waals surface area contributed by atoms with Crippen LogP contribution in [0.4, 0.5) is 35.1 Å². The SMILES string of the molecule is CNC(=O)C(C)(CCC(F)(F)C(F)(F)F)S(=O)(=O)CCC(F)(F)F. The van der Waals surface area contributed by atoms with Crippen LogP contribution in [-0.4, -0.2) is 50.1 Å². The summed E-state index contributed by atoms with van der Waals surface area (Å²) in [5.74, 6) is -8.37. The van der Waals surface area contributed by atoms with Gasteiger partial charge in [0.1, 0.15) is 4.75 Å². The van der Waals surface area contributed by atoms with Gasteiger partial charge in [-0.15, -0.1) is 0 Å². The molecule has 1 atom stereocenters. The van der Waals surface area contributed by atoms with E-state index in [0.29, 0.717) is 6.92 Å². The lowest BCUT2D eigenvalue weighted by molar-refractivity contribution is -0.284. The highest BCUT2D eigenvalue weighted by Crippen LogP contribution is 2.41. The fourth-order valence-corrected chi connectivity index (χ4v) is 3.44. The number of nitrogens with one attached hydrogen (secondary N) is 1. The summed E-state index contributed by atoms with van der Waals surface area (Å²) in [7, 11) is -4.09. The molecule has 0 aromatic carbocycles. The van der Waals surface area contributed by atoms with Crippen LogP contribution < -0.4 is 5.32 Å². The number of halogens is 8. The summed E-state index contributed by atoms with van der Waals surface area (Å²) in [6.45, 7) is 0.518. The highest BCUT2D eigenvalue weighted by Gasteiger charge is 2.59. The minimum absolute atomic E-state index is 0.518. The Balaban J connectivity index is 5.56. The average molecular weight is 393 g/mol. The molecule has 13 heteroatoms. The van der Waals surface area contributed by atoms with Gasteiger partial charge < -0.3 is 5.32 Å². The van der Waals surface area contributed by atoms with Crippen molar-refractivity contribution >= 4 is 15.7 Å². The number of alkyl halides is 8. The Labute approximate surface area is 132 Å². The molecule has 0 aliphatic rings. The molecule has 0 aliphatic carbocycles. The van der Waals surface area contributed by atoms with Crippen LogP contribution in [-0.2, 0) is 14.6 Å². The molecule has 1 amide bonds. The third kappa shape index (κ3) is 5.45. The summed E-state index contributed by atoms with van der Waals surface area (Å²) < 4.78 is 120. The number of rotatable bonds is 7. The van der Waals surface area contributed by atoms with E-state index in [1.807, 2.05) is 0 Å². The first-order valence-electron chi connectivity index (χ1n) is 6.35. The molecule has 144 valence electrons. The Morgan fingerprint density at radius 2 is 1.38 bits per heavy atom. The Bertz CT molecular complexity index is 555. The summed E-state index contributed by atoms with van der Waals surface area (Å²) in [6, 6.07) is 0. The highest BCUT2D eigenvalue weighted by molar-refractivity contribution is 7.93. The number of hydrogen-bond donors (Lipinski definition) is 1. The lowest BCUT2D eigenvalue weighted by Gasteiger charge is -2.30. The second kappa shape index (κ2) is 7.00. The first-order chi connectivity index (χ1) is 10.4. The molecule has 0 radical (unpaired) electrons. The van der Waals surface area contributed by atoms with E-state index in [4.69, 9.17) is 0 Å². The zero-order chi connectivity index (χ0) is 19.6. The van der Waals surface area contributed by atoms with Crippen LogP contribution >= 0.6 is 0 Å². The number of carbonyl (C=O) groups is 1. The van der Waals surface area contributed by atoms with E-state index in [0.717, 1.165) is 7.05 Å². The van der Waals surface area contributed by atoms with Gasteiger partial charge in [-0.1, -0.05) is 0 Å². The van der Waals surface area contributed by atoms with Gasteiger partial charge in [0.15, 0.2) is 9.84 Å². The van der Waals surface area contributed by atoms with E-state index in [2.05, 4.69) is 0 Å². The average Bonchev–Trinajstić information content (AvgIpc) is 2.39. The Morgan fingerprint density at radius 1 is 0.917 bits per heavy atom. The lowest BCUT2D eigenvalue weighted by Crippen LogP contribution is -2.52. The van der Waals surface area contributed by atoms with Gasteiger partial charge in [0.2, 0.25) is 5.91 Å². The van der Waals surface area contributed by atoms with E-state index < -0.39 is 63.8 Å². The third-order valence-corrected chi connectivity index (χ3v) is 5.88. The molecule has 24 heavy (non-hydrogen) atoms. The fraction of sp³-hybridized carbons (Fsp3) is 0.909. The summed E-state index contributed by atoms with van der Waals surface area (Å²) in [5, 5.41) is 1.76. The minimum Gasteiger partial charge on any atom is -0.358 e. The summed E-state index contributed by atoms with van der Waals surface area (Å²) >= 11 is 0. The van der Waals surface area contributed by atoms with Crippen LogP contribution in [0.3, 0.4) is 0 Å². The maximum Gasteiger partial charge on any atom is 0.453 e. The lowest BCUT2D eigenvalue weighted by atomic mass is 10.00. The number of amides is 1. The van der Waals surface area contributed by atoms with E-state index in [1.165, 1.54) is 0 Å². The van der Waals surface area contributed by atoms with Gasteiger partial charge in [-0.2, -0.15) is 35.1 Å². The Hall–Kier alpha value is -1.14. The molecule has 0 heterocycles. The van der Waals surface area contributed by atoms with Crippen molar-refractivity contribution in [3.8, 4) is 0 Å². The number of hydrogen-bond acceptors (Lipinski definition) is 3. The Morgan fingerprint density at radius 3 is 1.71 bits per heavy atom. The predicted octanol–water partition coefficient (Wildman–Crippen LogP) is 2.84. The normalized spacial score (nSPS) is 16.6. The number of sulfone groups is 1. The van der Waals surface area contributed by atoms with Crippen molar-refractivity contribution in [2.75, 3.05) is 12.8 Å². The van der Waals surface area contributed by atoms with Crippen LogP contribution in [0.15, 0.2) is 0 Å². The third-order valence-electron chi connectivity index (χ3n) is 3.38. The van der Waals surface area contributed by atoms with E-state index in [-0.39, 0.29) is 0 Å². The molecule has 1 N–H and O–H groups in total. The fourth-order valence-electron chi connectivity index (χ4n) is 1.69. The van der Waals surface area contributed by atoms with Gasteiger partial charge in [0.05, 0.1) is 12.2 Å². The van der Waals surface area contributed by atoms with Crippen molar-refractivity contribution in [1.82, 2.24) is 5.32 Å². The molecule has 4 nitrogen and oxygen atoms in total. The van der Waals surface area contributed by atoms with Crippen molar-refractivity contribution in [2.45, 2.75) is 49.2 Å². The van der Waals surface area contributed by atoms with Gasteiger partial charge in [-0.25, -0.2) is 8.42 Å². The molecule has 0 spiro atoms. The van der Waals surface area contributed by atoms with Crippen LogP contribution in [0, 0.1) is 0 Å². The van der Waals surface area contributed by atoms with Gasteiger partial charge in [0.25, 0.3) is 0 Å². The highest BCUT2D eigenvalue weighted by atomic mass is 32.2. The minimum atomic E-state index is -5.98. The molecule has 0 aromatic heterocycles. The number of carbonyl (C=O) groups excluding carboxylic acids is 1. The van der Waals surface area contributed by atoms with E-state index in [9.17, 15) is 48.3 Å². The predicted molar refractivity (Wildman–Crippen MR) is 67.2 cm³/mol. The van der Waals surface area contributed by atoms with Crippen LogP contribution in [0.2, 0.25) is 0 Å². The molecule has 0 saturated carbocycles. The van der Waals surface area contributed by atoms with Crippen LogP contribution in [0.1, 0.15) is 26.2 Å². The van der Waals surface area contributed by atoms with Crippen LogP contribution in [0.25, 0.3) is 0 Å². The van der Waals surface area contributed by atoms with Gasteiger partial charge >= 0.3 is 18.3 Å². The first-order valence-corrected chi connectivity index (χ1v) is 8.01. The molecule has 0 aromatic rings. The molecule has 0 rings (SSSR count). The molecule has 0 fully saturated rings. The van der Waals surface area contributed by atoms with Gasteiger partial charge in [0, 0.05) is 13.5 Å². The zero-order valence-corrected chi connectivity index (χ0v) is 13.3. The second-order valence-electron chi connectivity index (χ2n) is 5.20. The zero-order valence-electron chi connectivity index (χ0n) is 12.5. The molecular weight excluding hydrogens is 378 g/mol. The summed E-state index contributed by atoms with van der Waals surface area (Å²) in [6.07, 6.45) is -16.3. The van der Waals surface area contributed by atoms with E-state index in [1.54, 1.807) is 5.32 Å². The van der Waals surface area contributed by atoms with Crippen molar-refractivity contribution in [3.05, 3.63) is 0 Å². The van der Waals surface area contributed by atoms with Crippen molar-refractivity contribution in [3.63, 3.8) is 0 Å². The van der Waals surface area contributed by atoms with Crippen molar-refractivity contribution in [2.24, 2.45) is 0 Å². The smallest absolute Gasteiger partial charge is 0.358 e. The topological polar surface area (TPSA) is 63.2 Å². The maximum atomic E-state index is 13.0. The summed E-state index contributed by atoms with van der Waals surface area (Å²) in [4.78, 5) is 11.7. The molecule has 0 bridgehead atoms. The molecule has 0 aliphatic heterocycles. The Kier molecular flexibility index (Phi) is 6.67. The molecule has 1 unspecified atom stereocenters. The maximum absolute atomic E-state index is 13.0. The van der Waals surface area contributed by atoms with E-state index >= 15 is 0 Å². The van der Waals surface area contributed by atoms with Gasteiger partial charge in [-0.3, -0.25) is 4.79 Å². The molecule has 0 saturated heterocycles. The molecular formula is C11H15F8NO3S. The van der Waals surface area contributed by atoms with Gasteiger partial charge in [-0.05, 0) is 13.3 Å². The largest absolute Gasteiger partial charge is 0.453 e. The van der Waals surface area contributed by atoms with Crippen molar-refractivity contribution < 1.29 is 48.3 Å². The monoisotopic (exact) mass is 393 g/mol. The van der Waals surface area contributed by atoms with Crippen molar-refractivity contribution in [1.29, 1.82) is 0 Å². The second-order valence-corrected chi connectivity index (χ2v) is 7.74. The van der Waals surface area contributed by atoms with Crippen LogP contribution in [0.5, 0.6) is 0 Å². The quantitative estimate of drug-likeness (QED) is 0.677. The first kappa shape index (κ1) is 22.9. The summed E-state index contributed by atoms with van der Waals surface area (Å²) in [5.41, 5.74) is 0. The standard InChI is InChI=1S/C11H15F8NO3S/c1-8(7(21)20-2,3-4-9(12,13)11(17,18)19)24(22,23)6-5-10(14,15)16/h3-6H2,1-2H3,(H,20,21).